The number of carbonyl (C=O) groups excluding carboxylic acids is 1. The van der Waals surface area contributed by atoms with E-state index in [2.05, 4.69) is 0 Å². The molecule has 1 fully saturated rings. The van der Waals surface area contributed by atoms with Gasteiger partial charge in [-0.3, -0.25) is 4.79 Å². The van der Waals surface area contributed by atoms with E-state index in [9.17, 15) is 10.0 Å². The largest absolute Gasteiger partial charge is 0.758 e. The molecule has 2 rings (SSSR count). The van der Waals surface area contributed by atoms with Crippen molar-refractivity contribution < 1.29 is 4.79 Å². The molecular weight excluding hydrogens is 180 g/mol. The summed E-state index contributed by atoms with van der Waals surface area (Å²) in [6.45, 7) is 0.411. The van der Waals surface area contributed by atoms with Gasteiger partial charge in [0.1, 0.15) is 0 Å². The first-order valence-electron chi connectivity index (χ1n) is 4.76. The van der Waals surface area contributed by atoms with Crippen molar-refractivity contribution in [3.8, 4) is 0 Å². The van der Waals surface area contributed by atoms with Gasteiger partial charge >= 0.3 is 0 Å². The summed E-state index contributed by atoms with van der Waals surface area (Å²) in [6, 6.07) is 0.0931. The first-order chi connectivity index (χ1) is 6.68. The van der Waals surface area contributed by atoms with E-state index in [-0.39, 0.29) is 11.9 Å². The Morgan fingerprint density at radius 1 is 1.57 bits per heavy atom. The molecule has 0 bridgehead atoms. The molecule has 1 atom stereocenters. The number of nitrogens with zero attached hydrogens (tertiary/aromatic N) is 2. The van der Waals surface area contributed by atoms with Crippen molar-refractivity contribution in [2.45, 2.75) is 18.9 Å². The van der Waals surface area contributed by atoms with Crippen molar-refractivity contribution in [1.29, 1.82) is 0 Å². The maximum atomic E-state index is 11.3. The molecule has 0 unspecified atom stereocenters. The second kappa shape index (κ2) is 3.46. The summed E-state index contributed by atoms with van der Waals surface area (Å²) in [4.78, 5) is 13.0. The number of rotatable bonds is 1. The third-order valence-corrected chi connectivity index (χ3v) is 2.77. The number of amides is 1. The van der Waals surface area contributed by atoms with Crippen LogP contribution >= 0.6 is 0 Å². The van der Waals surface area contributed by atoms with E-state index in [1.165, 1.54) is 0 Å². The van der Waals surface area contributed by atoms with E-state index < -0.39 is 0 Å². The molecule has 1 saturated heterocycles. The number of hydroxylamine groups is 2. The maximum absolute atomic E-state index is 11.3. The zero-order valence-electron chi connectivity index (χ0n) is 8.14. The van der Waals surface area contributed by atoms with Crippen molar-refractivity contribution in [3.63, 3.8) is 0 Å². The summed E-state index contributed by atoms with van der Waals surface area (Å²) in [5.74, 6) is 0.160. The lowest BCUT2D eigenvalue weighted by atomic mass is 10.0. The second-order valence-corrected chi connectivity index (χ2v) is 3.69. The van der Waals surface area contributed by atoms with Crippen molar-refractivity contribution in [3.05, 3.63) is 29.1 Å². The fraction of sp³-hybridized carbons (Fsp3) is 0.500. The van der Waals surface area contributed by atoms with E-state index in [0.29, 0.717) is 13.0 Å². The van der Waals surface area contributed by atoms with Gasteiger partial charge in [0.15, 0.2) is 0 Å². The molecule has 2 aliphatic heterocycles. The van der Waals surface area contributed by atoms with Crippen LogP contribution < -0.4 is 0 Å². The highest BCUT2D eigenvalue weighted by Gasteiger charge is 2.29. The Morgan fingerprint density at radius 2 is 2.36 bits per heavy atom. The summed E-state index contributed by atoms with van der Waals surface area (Å²) in [7, 11) is 1.79. The third kappa shape index (κ3) is 1.53. The molecule has 0 radical (unpaired) electrons. The summed E-state index contributed by atoms with van der Waals surface area (Å²) in [6.07, 6.45) is 6.76. The molecule has 76 valence electrons. The summed E-state index contributed by atoms with van der Waals surface area (Å²) >= 11 is 0. The smallest absolute Gasteiger partial charge is 0.222 e. The predicted octanol–water partition coefficient (Wildman–Crippen LogP) is 0.861. The Balaban J connectivity index is 2.16. The molecule has 0 aromatic rings. The van der Waals surface area contributed by atoms with Crippen LogP contribution in [0, 0.1) is 5.21 Å². The van der Waals surface area contributed by atoms with E-state index in [1.54, 1.807) is 18.1 Å². The fourth-order valence-corrected chi connectivity index (χ4v) is 1.95. The molecule has 0 saturated carbocycles. The minimum Gasteiger partial charge on any atom is -0.758 e. The molecule has 0 aliphatic carbocycles. The van der Waals surface area contributed by atoms with Gasteiger partial charge in [0.05, 0.1) is 6.04 Å². The van der Waals surface area contributed by atoms with Crippen LogP contribution in [-0.2, 0) is 4.79 Å². The Labute approximate surface area is 83.1 Å². The van der Waals surface area contributed by atoms with Crippen molar-refractivity contribution in [1.82, 2.24) is 9.96 Å². The van der Waals surface area contributed by atoms with Crippen molar-refractivity contribution in [2.24, 2.45) is 0 Å². The maximum Gasteiger partial charge on any atom is 0.222 e. The molecule has 0 aromatic carbocycles. The molecule has 14 heavy (non-hydrogen) atoms. The van der Waals surface area contributed by atoms with Crippen LogP contribution in [0.1, 0.15) is 12.8 Å². The molecule has 2 aliphatic rings. The van der Waals surface area contributed by atoms with E-state index >= 15 is 0 Å². The third-order valence-electron chi connectivity index (χ3n) is 2.77. The van der Waals surface area contributed by atoms with Crippen molar-refractivity contribution in [2.75, 3.05) is 13.6 Å². The van der Waals surface area contributed by atoms with Crippen LogP contribution in [0.3, 0.4) is 0 Å². The SMILES string of the molecule is CN1C(=O)CC[C@H]1C1=CN([O-])CC=C1. The van der Waals surface area contributed by atoms with Gasteiger partial charge in [-0.15, -0.1) is 0 Å². The van der Waals surface area contributed by atoms with Gasteiger partial charge in [-0.25, -0.2) is 0 Å². The van der Waals surface area contributed by atoms with E-state index in [1.807, 2.05) is 12.2 Å². The standard InChI is InChI=1S/C10H13N2O2/c1-11-9(4-5-10(11)13)8-3-2-6-12(14)7-8/h2-3,7,9H,4-6H2,1H3/q-1/t9-/m0/s1. The first-order valence-corrected chi connectivity index (χ1v) is 4.76. The Bertz CT molecular complexity index is 309. The molecule has 4 heteroatoms. The molecule has 0 aromatic heterocycles. The first kappa shape index (κ1) is 9.27. The number of carbonyl (C=O) groups is 1. The van der Waals surface area contributed by atoms with Crippen LogP contribution in [0.4, 0.5) is 0 Å². The highest BCUT2D eigenvalue weighted by atomic mass is 16.5. The summed E-state index contributed by atoms with van der Waals surface area (Å²) in [5, 5.41) is 12.0. The topological polar surface area (TPSA) is 46.6 Å². The van der Waals surface area contributed by atoms with Gasteiger partial charge in [-0.1, -0.05) is 12.2 Å². The van der Waals surface area contributed by atoms with Crippen LogP contribution in [0.2, 0.25) is 0 Å². The van der Waals surface area contributed by atoms with Gasteiger partial charge in [-0.05, 0) is 18.2 Å². The quantitative estimate of drug-likeness (QED) is 0.620. The molecule has 0 spiro atoms. The number of likely N-dealkylation sites (N-methyl/N-ethyl adjacent to an activating group) is 1. The summed E-state index contributed by atoms with van der Waals surface area (Å²) < 4.78 is 0. The van der Waals surface area contributed by atoms with E-state index in [4.69, 9.17) is 0 Å². The van der Waals surface area contributed by atoms with E-state index in [0.717, 1.165) is 17.1 Å². The van der Waals surface area contributed by atoms with Crippen LogP contribution in [0.25, 0.3) is 0 Å². The lowest BCUT2D eigenvalue weighted by Gasteiger charge is -2.31. The Hall–Kier alpha value is -1.29. The second-order valence-electron chi connectivity index (χ2n) is 3.69. The van der Waals surface area contributed by atoms with Gasteiger partial charge in [-0.2, -0.15) is 0 Å². The van der Waals surface area contributed by atoms with Gasteiger partial charge in [0.25, 0.3) is 0 Å². The molecule has 4 nitrogen and oxygen atoms in total. The zero-order chi connectivity index (χ0) is 10.1. The van der Waals surface area contributed by atoms with Gasteiger partial charge in [0, 0.05) is 20.0 Å². The summed E-state index contributed by atoms with van der Waals surface area (Å²) in [5.41, 5.74) is 0.944. The van der Waals surface area contributed by atoms with Crippen LogP contribution in [-0.4, -0.2) is 35.5 Å². The minimum absolute atomic E-state index is 0.0931. The zero-order valence-corrected chi connectivity index (χ0v) is 8.14. The van der Waals surface area contributed by atoms with Crippen LogP contribution in [0.5, 0.6) is 0 Å². The van der Waals surface area contributed by atoms with Crippen LogP contribution in [0.15, 0.2) is 23.9 Å². The molecule has 1 amide bonds. The Kier molecular flexibility index (Phi) is 2.29. The number of likely N-dealkylation sites (tertiary alicyclic amines) is 1. The highest BCUT2D eigenvalue weighted by Crippen LogP contribution is 2.25. The minimum atomic E-state index is 0.0931. The monoisotopic (exact) mass is 193 g/mol. The lowest BCUT2D eigenvalue weighted by Crippen LogP contribution is -2.31. The normalized spacial score (nSPS) is 27.1. The average Bonchev–Trinajstić information content (AvgIpc) is 2.48. The van der Waals surface area contributed by atoms with Crippen molar-refractivity contribution >= 4 is 5.91 Å². The highest BCUT2D eigenvalue weighted by molar-refractivity contribution is 5.79. The average molecular weight is 193 g/mol. The molecule has 0 N–H and O–H groups in total. The predicted molar refractivity (Wildman–Crippen MR) is 53.1 cm³/mol. The number of hydrogen-bond acceptors (Lipinski definition) is 3. The number of hydrogen-bond donors (Lipinski definition) is 0. The fourth-order valence-electron chi connectivity index (χ4n) is 1.95. The lowest BCUT2D eigenvalue weighted by molar-refractivity contribution is -0.127. The Morgan fingerprint density at radius 3 is 2.93 bits per heavy atom. The molecular formula is C10H13N2O2-. The van der Waals surface area contributed by atoms with Gasteiger partial charge < -0.3 is 15.2 Å². The molecule has 2 heterocycles. The van der Waals surface area contributed by atoms with Gasteiger partial charge in [0.2, 0.25) is 5.91 Å².